The molecule has 110 valence electrons. The monoisotopic (exact) mass is 258 g/mol. The molecule has 0 unspecified atom stereocenters. The van der Waals surface area contributed by atoms with E-state index in [0.717, 1.165) is 13.2 Å². The molecule has 0 aliphatic rings. The number of ether oxygens (including phenoxy) is 2. The minimum absolute atomic E-state index is 0.00750. The predicted molar refractivity (Wildman–Crippen MR) is 79.0 cm³/mol. The molecule has 0 amide bonds. The molecule has 0 saturated carbocycles. The van der Waals surface area contributed by atoms with Crippen LogP contribution in [0, 0.1) is 10.8 Å². The van der Waals surface area contributed by atoms with Crippen LogP contribution in [0.25, 0.3) is 0 Å². The Balaban J connectivity index is 4.76. The molecule has 0 aromatic carbocycles. The van der Waals surface area contributed by atoms with Gasteiger partial charge in [-0.15, -0.1) is 0 Å². The Bertz CT molecular complexity index is 230. The second kappa shape index (κ2) is 5.50. The fourth-order valence-electron chi connectivity index (χ4n) is 1.23. The van der Waals surface area contributed by atoms with Crippen molar-refractivity contribution in [3.63, 3.8) is 0 Å². The van der Waals surface area contributed by atoms with Gasteiger partial charge in [-0.25, -0.2) is 0 Å². The Morgan fingerprint density at radius 2 is 0.833 bits per heavy atom. The second-order valence-electron chi connectivity index (χ2n) is 8.61. The fraction of sp³-hybridized carbons (Fsp3) is 1.00. The highest BCUT2D eigenvalue weighted by atomic mass is 16.5. The maximum atomic E-state index is 6.01. The van der Waals surface area contributed by atoms with Crippen molar-refractivity contribution in [2.75, 3.05) is 13.2 Å². The van der Waals surface area contributed by atoms with Gasteiger partial charge in [-0.3, -0.25) is 0 Å². The molecule has 0 aromatic heterocycles. The summed E-state index contributed by atoms with van der Waals surface area (Å²) in [5.74, 6) is 0. The van der Waals surface area contributed by atoms with Gasteiger partial charge in [-0.05, 0) is 47.0 Å². The quantitative estimate of drug-likeness (QED) is 0.729. The number of rotatable bonds is 4. The maximum Gasteiger partial charge on any atom is 0.0598 e. The van der Waals surface area contributed by atoms with Crippen molar-refractivity contribution in [2.45, 2.75) is 80.4 Å². The third kappa shape index (κ3) is 6.75. The van der Waals surface area contributed by atoms with Crippen molar-refractivity contribution in [1.29, 1.82) is 0 Å². The predicted octanol–water partition coefficient (Wildman–Crippen LogP) is 4.67. The van der Waals surface area contributed by atoms with Gasteiger partial charge in [0.1, 0.15) is 0 Å². The SMILES string of the molecule is CC(C)(C)OCC(C)(COC(C)(C)C)C(C)(C)C. The first-order valence-corrected chi connectivity index (χ1v) is 6.94. The van der Waals surface area contributed by atoms with E-state index in [1.165, 1.54) is 0 Å². The van der Waals surface area contributed by atoms with Gasteiger partial charge in [-0.1, -0.05) is 27.7 Å². The van der Waals surface area contributed by atoms with E-state index >= 15 is 0 Å². The third-order valence-electron chi connectivity index (χ3n) is 3.46. The van der Waals surface area contributed by atoms with Gasteiger partial charge in [0.2, 0.25) is 0 Å². The first kappa shape index (κ1) is 17.9. The molecule has 0 aliphatic carbocycles. The Hall–Kier alpha value is -0.0800. The Labute approximate surface area is 114 Å². The standard InChI is InChI=1S/C16H34O2/c1-13(2,3)16(10,11-17-14(4,5)6)12-18-15(7,8)9/h11-12H2,1-10H3. The van der Waals surface area contributed by atoms with E-state index in [0.29, 0.717) is 0 Å². The first-order valence-electron chi connectivity index (χ1n) is 6.94. The summed E-state index contributed by atoms with van der Waals surface area (Å²) in [4.78, 5) is 0. The summed E-state index contributed by atoms with van der Waals surface area (Å²) < 4.78 is 12.0. The number of hydrogen-bond donors (Lipinski definition) is 0. The van der Waals surface area contributed by atoms with Gasteiger partial charge in [0, 0.05) is 5.41 Å². The van der Waals surface area contributed by atoms with Crippen LogP contribution in [0.3, 0.4) is 0 Å². The molecule has 0 rings (SSSR count). The largest absolute Gasteiger partial charge is 0.375 e. The fourth-order valence-corrected chi connectivity index (χ4v) is 1.23. The molecular weight excluding hydrogens is 224 g/mol. The molecule has 18 heavy (non-hydrogen) atoms. The van der Waals surface area contributed by atoms with Crippen molar-refractivity contribution in [2.24, 2.45) is 10.8 Å². The molecule has 2 heteroatoms. The second-order valence-corrected chi connectivity index (χ2v) is 8.61. The van der Waals surface area contributed by atoms with Gasteiger partial charge < -0.3 is 9.47 Å². The van der Waals surface area contributed by atoms with Crippen LogP contribution in [0.1, 0.15) is 69.2 Å². The lowest BCUT2D eigenvalue weighted by Gasteiger charge is -2.44. The molecule has 0 fully saturated rings. The molecule has 0 atom stereocenters. The third-order valence-corrected chi connectivity index (χ3v) is 3.46. The van der Waals surface area contributed by atoms with Crippen LogP contribution < -0.4 is 0 Å². The van der Waals surface area contributed by atoms with Crippen LogP contribution >= 0.6 is 0 Å². The summed E-state index contributed by atoms with van der Waals surface area (Å²) in [6.45, 7) is 23.0. The molecule has 0 aromatic rings. The van der Waals surface area contributed by atoms with E-state index in [1.54, 1.807) is 0 Å². The minimum atomic E-state index is -0.103. The summed E-state index contributed by atoms with van der Waals surface area (Å²) in [6.07, 6.45) is 0. The van der Waals surface area contributed by atoms with Crippen LogP contribution in [0.15, 0.2) is 0 Å². The van der Waals surface area contributed by atoms with Crippen LogP contribution in [0.4, 0.5) is 0 Å². The van der Waals surface area contributed by atoms with E-state index in [-0.39, 0.29) is 22.0 Å². The highest BCUT2D eigenvalue weighted by Gasteiger charge is 2.40. The van der Waals surface area contributed by atoms with Crippen molar-refractivity contribution in [1.82, 2.24) is 0 Å². The zero-order valence-electron chi connectivity index (χ0n) is 14.2. The molecule has 0 heterocycles. The van der Waals surface area contributed by atoms with E-state index in [4.69, 9.17) is 9.47 Å². The van der Waals surface area contributed by atoms with Crippen LogP contribution in [0.2, 0.25) is 0 Å². The van der Waals surface area contributed by atoms with Gasteiger partial charge in [0.25, 0.3) is 0 Å². The number of hydrogen-bond acceptors (Lipinski definition) is 2. The normalized spacial score (nSPS) is 15.0. The highest BCUT2D eigenvalue weighted by Crippen LogP contribution is 2.40. The van der Waals surface area contributed by atoms with Crippen molar-refractivity contribution in [3.8, 4) is 0 Å². The molecule has 0 radical (unpaired) electrons. The molecule has 0 aliphatic heterocycles. The van der Waals surface area contributed by atoms with Gasteiger partial charge in [0.15, 0.2) is 0 Å². The van der Waals surface area contributed by atoms with Crippen molar-refractivity contribution >= 4 is 0 Å². The zero-order chi connectivity index (χ0) is 14.8. The van der Waals surface area contributed by atoms with Crippen molar-refractivity contribution in [3.05, 3.63) is 0 Å². The molecular formula is C16H34O2. The average Bonchev–Trinajstić information content (AvgIpc) is 2.07. The van der Waals surface area contributed by atoms with E-state index in [2.05, 4.69) is 69.2 Å². The Kier molecular flexibility index (Phi) is 5.48. The van der Waals surface area contributed by atoms with E-state index in [9.17, 15) is 0 Å². The minimum Gasteiger partial charge on any atom is -0.375 e. The Morgan fingerprint density at radius 1 is 0.556 bits per heavy atom. The first-order chi connectivity index (χ1) is 7.66. The van der Waals surface area contributed by atoms with Crippen LogP contribution in [-0.4, -0.2) is 24.4 Å². The summed E-state index contributed by atoms with van der Waals surface area (Å²) in [5.41, 5.74) is -0.0560. The topological polar surface area (TPSA) is 18.5 Å². The molecule has 0 bridgehead atoms. The summed E-state index contributed by atoms with van der Waals surface area (Å²) in [7, 11) is 0. The molecule has 0 saturated heterocycles. The van der Waals surface area contributed by atoms with Crippen LogP contribution in [-0.2, 0) is 9.47 Å². The lowest BCUT2D eigenvalue weighted by atomic mass is 9.69. The van der Waals surface area contributed by atoms with Gasteiger partial charge >= 0.3 is 0 Å². The van der Waals surface area contributed by atoms with Gasteiger partial charge in [0.05, 0.1) is 24.4 Å². The molecule has 2 nitrogen and oxygen atoms in total. The zero-order valence-corrected chi connectivity index (χ0v) is 14.2. The lowest BCUT2D eigenvalue weighted by Crippen LogP contribution is -2.45. The average molecular weight is 258 g/mol. The smallest absolute Gasteiger partial charge is 0.0598 e. The summed E-state index contributed by atoms with van der Waals surface area (Å²) in [5, 5.41) is 0. The Morgan fingerprint density at radius 3 is 1.00 bits per heavy atom. The van der Waals surface area contributed by atoms with E-state index < -0.39 is 0 Å². The van der Waals surface area contributed by atoms with Gasteiger partial charge in [-0.2, -0.15) is 0 Å². The molecule has 0 spiro atoms. The highest BCUT2D eigenvalue weighted by molar-refractivity contribution is 4.88. The molecule has 0 N–H and O–H groups in total. The van der Waals surface area contributed by atoms with Crippen LogP contribution in [0.5, 0.6) is 0 Å². The van der Waals surface area contributed by atoms with Crippen molar-refractivity contribution < 1.29 is 9.47 Å². The lowest BCUT2D eigenvalue weighted by molar-refractivity contribution is -0.136. The maximum absolute atomic E-state index is 6.01. The summed E-state index contributed by atoms with van der Waals surface area (Å²) >= 11 is 0. The summed E-state index contributed by atoms with van der Waals surface area (Å²) in [6, 6.07) is 0. The van der Waals surface area contributed by atoms with E-state index in [1.807, 2.05) is 0 Å².